The third-order valence-electron chi connectivity index (χ3n) is 3.49. The lowest BCUT2D eigenvalue weighted by atomic mass is 10.2. The Hall–Kier alpha value is -2.66. The number of carbonyl (C=O) groups is 1. The van der Waals surface area contributed by atoms with Gasteiger partial charge in [0.1, 0.15) is 5.75 Å². The van der Waals surface area contributed by atoms with Crippen molar-refractivity contribution < 1.29 is 9.53 Å². The molecule has 0 aliphatic rings. The molecule has 0 aliphatic heterocycles. The Labute approximate surface area is 144 Å². The lowest BCUT2D eigenvalue weighted by Crippen LogP contribution is -2.16. The predicted molar refractivity (Wildman–Crippen MR) is 97.5 cm³/mol. The lowest BCUT2D eigenvalue weighted by molar-refractivity contribution is 0.0998. The molecule has 3 aromatic rings. The molecule has 1 heterocycles. The van der Waals surface area contributed by atoms with Gasteiger partial charge < -0.3 is 9.30 Å². The van der Waals surface area contributed by atoms with Gasteiger partial charge in [-0.3, -0.25) is 4.79 Å². The number of fused-ring (bicyclic) bond motifs is 1. The van der Waals surface area contributed by atoms with Gasteiger partial charge in [0.15, 0.2) is 4.80 Å². The highest BCUT2D eigenvalue weighted by Crippen LogP contribution is 2.23. The third kappa shape index (κ3) is 3.31. The first-order chi connectivity index (χ1) is 11.7. The molecule has 3 rings (SSSR count). The smallest absolute Gasteiger partial charge is 0.279 e. The maximum Gasteiger partial charge on any atom is 0.279 e. The van der Waals surface area contributed by atoms with E-state index in [2.05, 4.69) is 11.6 Å². The van der Waals surface area contributed by atoms with Gasteiger partial charge >= 0.3 is 0 Å². The maximum absolute atomic E-state index is 12.4. The first-order valence-corrected chi connectivity index (χ1v) is 8.55. The van der Waals surface area contributed by atoms with Crippen LogP contribution in [0.4, 0.5) is 0 Å². The van der Waals surface area contributed by atoms with E-state index in [1.165, 1.54) is 11.3 Å². The van der Waals surface area contributed by atoms with Gasteiger partial charge in [-0.25, -0.2) is 0 Å². The molecule has 4 nitrogen and oxygen atoms in total. The molecule has 0 atom stereocenters. The van der Waals surface area contributed by atoms with E-state index in [0.717, 1.165) is 16.0 Å². The van der Waals surface area contributed by atoms with Crippen LogP contribution in [0.1, 0.15) is 17.3 Å². The summed E-state index contributed by atoms with van der Waals surface area (Å²) in [5.74, 6) is 0.572. The van der Waals surface area contributed by atoms with Gasteiger partial charge in [-0.2, -0.15) is 4.99 Å². The van der Waals surface area contributed by atoms with Crippen molar-refractivity contribution in [3.8, 4) is 5.75 Å². The van der Waals surface area contributed by atoms with Crippen molar-refractivity contribution >= 4 is 27.5 Å². The Morgan fingerprint density at radius 2 is 2.08 bits per heavy atom. The van der Waals surface area contributed by atoms with Crippen LogP contribution < -0.4 is 9.54 Å². The van der Waals surface area contributed by atoms with E-state index < -0.39 is 0 Å². The van der Waals surface area contributed by atoms with Crippen LogP contribution in [0, 0.1) is 0 Å². The summed E-state index contributed by atoms with van der Waals surface area (Å²) in [7, 11) is 0. The Bertz CT molecular complexity index is 939. The van der Waals surface area contributed by atoms with Crippen molar-refractivity contribution in [2.45, 2.75) is 13.5 Å². The molecule has 0 fully saturated rings. The summed E-state index contributed by atoms with van der Waals surface area (Å²) in [4.78, 5) is 17.4. The van der Waals surface area contributed by atoms with Gasteiger partial charge in [0.05, 0.1) is 16.8 Å². The summed E-state index contributed by atoms with van der Waals surface area (Å²) >= 11 is 1.47. The Kier molecular flexibility index (Phi) is 4.91. The van der Waals surface area contributed by atoms with Crippen LogP contribution in [0.5, 0.6) is 5.75 Å². The minimum absolute atomic E-state index is 0.245. The summed E-state index contributed by atoms with van der Waals surface area (Å²) in [6.07, 6.45) is 1.80. The van der Waals surface area contributed by atoms with E-state index in [1.807, 2.05) is 47.9 Å². The fourth-order valence-electron chi connectivity index (χ4n) is 2.43. The van der Waals surface area contributed by atoms with E-state index in [4.69, 9.17) is 4.74 Å². The topological polar surface area (TPSA) is 43.6 Å². The minimum atomic E-state index is -0.245. The zero-order valence-corrected chi connectivity index (χ0v) is 14.3. The van der Waals surface area contributed by atoms with Crippen molar-refractivity contribution in [1.82, 2.24) is 4.57 Å². The number of nitrogens with zero attached hydrogens (tertiary/aromatic N) is 2. The van der Waals surface area contributed by atoms with Gasteiger partial charge in [-0.15, -0.1) is 6.58 Å². The van der Waals surface area contributed by atoms with E-state index in [1.54, 1.807) is 18.2 Å². The number of rotatable bonds is 5. The summed E-state index contributed by atoms with van der Waals surface area (Å²) in [6, 6.07) is 15.0. The normalized spacial score (nSPS) is 11.6. The second-order valence-corrected chi connectivity index (χ2v) is 6.14. The molecule has 0 saturated carbocycles. The molecule has 0 aliphatic carbocycles. The predicted octanol–water partition coefficient (Wildman–Crippen LogP) is 4.03. The molecule has 5 heteroatoms. The standard InChI is InChI=1S/C19H18N2O2S/c1-3-12-21-16-11-10-15(23-4-2)13-17(16)24-19(21)20-18(22)14-8-6-5-7-9-14/h3,5-11,13H,1,4,12H2,2H3. The van der Waals surface area contributed by atoms with E-state index >= 15 is 0 Å². The highest BCUT2D eigenvalue weighted by atomic mass is 32.1. The van der Waals surface area contributed by atoms with Crippen LogP contribution >= 0.6 is 11.3 Å². The van der Waals surface area contributed by atoms with Crippen molar-refractivity contribution in [2.75, 3.05) is 6.61 Å². The summed E-state index contributed by atoms with van der Waals surface area (Å²) in [5.41, 5.74) is 1.60. The van der Waals surface area contributed by atoms with Crippen LogP contribution in [0.2, 0.25) is 0 Å². The second-order valence-electron chi connectivity index (χ2n) is 5.13. The Morgan fingerprint density at radius 3 is 2.79 bits per heavy atom. The number of amides is 1. The summed E-state index contributed by atoms with van der Waals surface area (Å²) in [6.45, 7) is 6.96. The number of benzene rings is 2. The van der Waals surface area contributed by atoms with Crippen molar-refractivity contribution in [3.63, 3.8) is 0 Å². The quantitative estimate of drug-likeness (QED) is 0.659. The highest BCUT2D eigenvalue weighted by molar-refractivity contribution is 7.16. The Morgan fingerprint density at radius 1 is 1.29 bits per heavy atom. The van der Waals surface area contributed by atoms with E-state index in [9.17, 15) is 4.79 Å². The van der Waals surface area contributed by atoms with Gasteiger partial charge in [-0.1, -0.05) is 35.6 Å². The summed E-state index contributed by atoms with van der Waals surface area (Å²) < 4.78 is 8.57. The monoisotopic (exact) mass is 338 g/mol. The first-order valence-electron chi connectivity index (χ1n) is 7.74. The van der Waals surface area contributed by atoms with Crippen LogP contribution in [-0.2, 0) is 6.54 Å². The molecule has 24 heavy (non-hydrogen) atoms. The molecule has 1 aromatic heterocycles. The molecule has 0 radical (unpaired) electrons. The van der Waals surface area contributed by atoms with Crippen LogP contribution in [-0.4, -0.2) is 17.1 Å². The molecular formula is C19H18N2O2S. The number of aromatic nitrogens is 1. The molecule has 122 valence electrons. The Balaban J connectivity index is 2.12. The number of hydrogen-bond acceptors (Lipinski definition) is 3. The SMILES string of the molecule is C=CCn1c(=NC(=O)c2ccccc2)sc2cc(OCC)ccc21. The van der Waals surface area contributed by atoms with Gasteiger partial charge in [-0.05, 0) is 37.3 Å². The molecule has 0 N–H and O–H groups in total. The van der Waals surface area contributed by atoms with E-state index in [-0.39, 0.29) is 5.91 Å². The fraction of sp³-hybridized carbons (Fsp3) is 0.158. The molecule has 0 spiro atoms. The fourth-order valence-corrected chi connectivity index (χ4v) is 3.50. The average Bonchev–Trinajstić information content (AvgIpc) is 2.93. The van der Waals surface area contributed by atoms with Gasteiger partial charge in [0.25, 0.3) is 5.91 Å². The number of carbonyl (C=O) groups excluding carboxylic acids is 1. The van der Waals surface area contributed by atoms with Gasteiger partial charge in [0.2, 0.25) is 0 Å². The molecule has 2 aromatic carbocycles. The van der Waals surface area contributed by atoms with Crippen molar-refractivity contribution in [2.24, 2.45) is 4.99 Å². The number of hydrogen-bond donors (Lipinski definition) is 0. The molecule has 0 bridgehead atoms. The zero-order valence-electron chi connectivity index (χ0n) is 13.4. The third-order valence-corrected chi connectivity index (χ3v) is 4.54. The van der Waals surface area contributed by atoms with Crippen LogP contribution in [0.15, 0.2) is 66.2 Å². The largest absolute Gasteiger partial charge is 0.494 e. The number of thiazole rings is 1. The van der Waals surface area contributed by atoms with Gasteiger partial charge in [0, 0.05) is 12.1 Å². The summed E-state index contributed by atoms with van der Waals surface area (Å²) in [5, 5.41) is 0. The minimum Gasteiger partial charge on any atom is -0.494 e. The molecule has 1 amide bonds. The highest BCUT2D eigenvalue weighted by Gasteiger charge is 2.09. The molecule has 0 saturated heterocycles. The number of allylic oxidation sites excluding steroid dienone is 1. The average molecular weight is 338 g/mol. The first kappa shape index (κ1) is 16.2. The van der Waals surface area contributed by atoms with E-state index in [0.29, 0.717) is 23.5 Å². The maximum atomic E-state index is 12.4. The van der Waals surface area contributed by atoms with Crippen molar-refractivity contribution in [1.29, 1.82) is 0 Å². The lowest BCUT2D eigenvalue weighted by Gasteiger charge is -2.04. The number of ether oxygens (including phenoxy) is 1. The van der Waals surface area contributed by atoms with Crippen molar-refractivity contribution in [3.05, 3.63) is 71.6 Å². The van der Waals surface area contributed by atoms with Crippen LogP contribution in [0.3, 0.4) is 0 Å². The molecular weight excluding hydrogens is 320 g/mol. The molecule has 0 unspecified atom stereocenters. The van der Waals surface area contributed by atoms with Crippen LogP contribution in [0.25, 0.3) is 10.2 Å². The zero-order chi connectivity index (χ0) is 16.9. The second kappa shape index (κ2) is 7.27.